The fourth-order valence-electron chi connectivity index (χ4n) is 3.57. The summed E-state index contributed by atoms with van der Waals surface area (Å²) in [6.07, 6.45) is 12.1. The van der Waals surface area contributed by atoms with Crippen LogP contribution in [0.25, 0.3) is 0 Å². The molecule has 0 rings (SSSR count). The van der Waals surface area contributed by atoms with Crippen LogP contribution in [-0.4, -0.2) is 57.7 Å². The van der Waals surface area contributed by atoms with Gasteiger partial charge in [0.25, 0.3) is 0 Å². The number of hydrogen-bond acceptors (Lipinski definition) is 5. The number of carbonyl (C=O) groups excluding carboxylic acids is 1. The first-order chi connectivity index (χ1) is 12.4. The molecule has 164 valence electrons. The summed E-state index contributed by atoms with van der Waals surface area (Å²) in [6.45, 7) is 4.48. The molecule has 0 aliphatic carbocycles. The summed E-state index contributed by atoms with van der Waals surface area (Å²) in [5, 5.41) is 0. The van der Waals surface area contributed by atoms with E-state index in [1.165, 1.54) is 44.9 Å². The predicted octanol–water partition coefficient (Wildman–Crippen LogP) is 3.20. The van der Waals surface area contributed by atoms with E-state index in [0.717, 1.165) is 24.4 Å². The minimum Gasteiger partial charge on any atom is -0.726 e. The van der Waals surface area contributed by atoms with Crippen LogP contribution in [0.3, 0.4) is 0 Å². The van der Waals surface area contributed by atoms with Crippen molar-refractivity contribution in [3.63, 3.8) is 0 Å². The van der Waals surface area contributed by atoms with Crippen LogP contribution < -0.4 is 5.73 Å². The molecule has 8 heteroatoms. The third-order valence-corrected chi connectivity index (χ3v) is 5.21. The van der Waals surface area contributed by atoms with Crippen LogP contribution in [-0.2, 0) is 19.4 Å². The van der Waals surface area contributed by atoms with Gasteiger partial charge in [0.2, 0.25) is 16.3 Å². The van der Waals surface area contributed by atoms with Crippen molar-refractivity contribution in [3.8, 4) is 0 Å². The summed E-state index contributed by atoms with van der Waals surface area (Å²) in [6, 6.07) is 0.526. The van der Waals surface area contributed by atoms with E-state index in [1.807, 2.05) is 0 Å². The zero-order chi connectivity index (χ0) is 21.5. The number of hydrogen-bond donors (Lipinski definition) is 1. The molecule has 0 saturated heterocycles. The fraction of sp³-hybridized carbons (Fsp3) is 0.947. The Morgan fingerprint density at radius 2 is 1.48 bits per heavy atom. The van der Waals surface area contributed by atoms with Crippen molar-refractivity contribution in [3.05, 3.63) is 0 Å². The number of rotatable bonds is 14. The topological polar surface area (TPSA) is 110 Å². The molecule has 0 spiro atoms. The summed E-state index contributed by atoms with van der Waals surface area (Å²) < 4.78 is 31.9. The van der Waals surface area contributed by atoms with Gasteiger partial charge < -0.3 is 14.8 Å². The van der Waals surface area contributed by atoms with Gasteiger partial charge in [0.05, 0.1) is 34.3 Å². The molecule has 1 amide bonds. The van der Waals surface area contributed by atoms with E-state index in [9.17, 15) is 17.8 Å². The van der Waals surface area contributed by atoms with Crippen LogP contribution in [0.1, 0.15) is 78.1 Å². The highest BCUT2D eigenvalue weighted by Crippen LogP contribution is 2.26. The van der Waals surface area contributed by atoms with Gasteiger partial charge in [0.1, 0.15) is 0 Å². The normalized spacial score (nSPS) is 14.2. The highest BCUT2D eigenvalue weighted by atomic mass is 32.3. The van der Waals surface area contributed by atoms with Gasteiger partial charge in [0, 0.05) is 12.3 Å². The van der Waals surface area contributed by atoms with E-state index in [1.54, 1.807) is 0 Å². The van der Waals surface area contributed by atoms with Gasteiger partial charge in [-0.3, -0.25) is 8.98 Å². The maximum atomic E-state index is 11.4. The lowest BCUT2D eigenvalue weighted by molar-refractivity contribution is -0.900. The minimum absolute atomic E-state index is 0.144. The zero-order valence-electron chi connectivity index (χ0n) is 18.2. The lowest BCUT2D eigenvalue weighted by Crippen LogP contribution is -2.49. The van der Waals surface area contributed by atoms with Crippen LogP contribution in [0.15, 0.2) is 0 Å². The molecule has 0 aromatic carbocycles. The van der Waals surface area contributed by atoms with Gasteiger partial charge in [-0.15, -0.1) is 0 Å². The number of quaternary nitrogens is 1. The summed E-state index contributed by atoms with van der Waals surface area (Å²) >= 11 is 0. The van der Waals surface area contributed by atoms with Crippen molar-refractivity contribution in [2.45, 2.75) is 84.1 Å². The number of unbranched alkanes of at least 4 members (excludes halogenated alkanes) is 6. The molecule has 0 bridgehead atoms. The highest BCUT2D eigenvalue weighted by molar-refractivity contribution is 7.80. The van der Waals surface area contributed by atoms with Crippen molar-refractivity contribution in [1.82, 2.24) is 0 Å². The summed E-state index contributed by atoms with van der Waals surface area (Å²) in [7, 11) is 3.08. The maximum absolute atomic E-state index is 11.4. The van der Waals surface area contributed by atoms with Crippen LogP contribution >= 0.6 is 0 Å². The molecule has 2 N–H and O–H groups in total. The molecule has 0 fully saturated rings. The highest BCUT2D eigenvalue weighted by Gasteiger charge is 2.31. The third-order valence-electron chi connectivity index (χ3n) is 4.80. The van der Waals surface area contributed by atoms with Crippen molar-refractivity contribution < 1.29 is 26.4 Å². The summed E-state index contributed by atoms with van der Waals surface area (Å²) in [5.41, 5.74) is 5.47. The second-order valence-corrected chi connectivity index (χ2v) is 9.16. The van der Waals surface area contributed by atoms with E-state index < -0.39 is 10.4 Å². The molecule has 2 unspecified atom stereocenters. The molecule has 0 radical (unpaired) electrons. The number of nitrogens with zero attached hydrogens (tertiary/aromatic N) is 1. The van der Waals surface area contributed by atoms with Crippen molar-refractivity contribution >= 4 is 16.3 Å². The van der Waals surface area contributed by atoms with Gasteiger partial charge in [-0.2, -0.15) is 0 Å². The van der Waals surface area contributed by atoms with Crippen LogP contribution in [0.4, 0.5) is 0 Å². The summed E-state index contributed by atoms with van der Waals surface area (Å²) in [5.74, 6) is 0.290. The van der Waals surface area contributed by atoms with Crippen molar-refractivity contribution in [2.24, 2.45) is 11.7 Å². The second-order valence-electron chi connectivity index (χ2n) is 8.01. The Labute approximate surface area is 167 Å². The monoisotopic (exact) mass is 410 g/mol. The molecule has 0 aromatic rings. The SMILES string of the molecule is CCCCCCCCCC(CC(N)=O)C(CC)[N+](C)(C)C.COS(=O)(=O)[O-]. The Hall–Kier alpha value is -0.700. The number of nitrogens with two attached hydrogens (primary N) is 1. The summed E-state index contributed by atoms with van der Waals surface area (Å²) in [4.78, 5) is 11.4. The molecule has 2 atom stereocenters. The molecule has 0 saturated carbocycles. The minimum atomic E-state index is -4.41. The van der Waals surface area contributed by atoms with Gasteiger partial charge in [-0.05, 0) is 12.8 Å². The number of amides is 1. The fourth-order valence-corrected chi connectivity index (χ4v) is 3.57. The number of carbonyl (C=O) groups is 1. The first kappa shape index (κ1) is 28.5. The quantitative estimate of drug-likeness (QED) is 0.205. The van der Waals surface area contributed by atoms with Crippen molar-refractivity contribution in [2.75, 3.05) is 28.3 Å². The lowest BCUT2D eigenvalue weighted by atomic mass is 9.86. The predicted molar refractivity (Wildman–Crippen MR) is 109 cm³/mol. The third kappa shape index (κ3) is 18.4. The largest absolute Gasteiger partial charge is 0.726 e. The average Bonchev–Trinajstić information content (AvgIpc) is 2.52. The number of primary amides is 1. The Morgan fingerprint density at radius 1 is 1.04 bits per heavy atom. The first-order valence-electron chi connectivity index (χ1n) is 9.99. The molecule has 27 heavy (non-hydrogen) atoms. The Morgan fingerprint density at radius 3 is 1.81 bits per heavy atom. The molecule has 0 aromatic heterocycles. The van der Waals surface area contributed by atoms with Crippen LogP contribution in [0, 0.1) is 5.92 Å². The molecule has 0 aliphatic heterocycles. The average molecular weight is 411 g/mol. The van der Waals surface area contributed by atoms with Gasteiger partial charge in [0.15, 0.2) is 0 Å². The second kappa shape index (κ2) is 15.2. The van der Waals surface area contributed by atoms with Gasteiger partial charge in [-0.25, -0.2) is 8.42 Å². The van der Waals surface area contributed by atoms with Crippen molar-refractivity contribution in [1.29, 1.82) is 0 Å². The maximum Gasteiger partial charge on any atom is 0.217 e. The molecular weight excluding hydrogens is 368 g/mol. The molecular formula is C19H42N2O5S. The van der Waals surface area contributed by atoms with E-state index in [-0.39, 0.29) is 5.91 Å². The first-order valence-corrected chi connectivity index (χ1v) is 11.3. The van der Waals surface area contributed by atoms with E-state index in [2.05, 4.69) is 39.2 Å². The molecule has 0 aliphatic rings. The Kier molecular flexibility index (Phi) is 16.1. The Bertz CT molecular complexity index is 475. The van der Waals surface area contributed by atoms with Crippen LogP contribution in [0.2, 0.25) is 0 Å². The Balaban J connectivity index is 0. The van der Waals surface area contributed by atoms with E-state index in [4.69, 9.17) is 5.73 Å². The molecule has 0 heterocycles. The molecule has 7 nitrogen and oxygen atoms in total. The van der Waals surface area contributed by atoms with Gasteiger partial charge >= 0.3 is 0 Å². The van der Waals surface area contributed by atoms with Gasteiger partial charge in [-0.1, -0.05) is 58.8 Å². The van der Waals surface area contributed by atoms with E-state index >= 15 is 0 Å². The smallest absolute Gasteiger partial charge is 0.217 e. The standard InChI is InChI=1S/C18H38N2O.CH4O4S/c1-6-8-9-10-11-12-13-14-16(15-18(19)21)17(7-2)20(3,4)5;1-5-6(2,3)4/h16-17H,6-15H2,1-5H3,(H-,19,21);1H3,(H,2,3,4). The zero-order valence-corrected chi connectivity index (χ0v) is 19.0. The van der Waals surface area contributed by atoms with E-state index in [0.29, 0.717) is 18.4 Å². The lowest BCUT2D eigenvalue weighted by Gasteiger charge is -2.38. The van der Waals surface area contributed by atoms with Crippen LogP contribution in [0.5, 0.6) is 0 Å².